The third-order valence-electron chi connectivity index (χ3n) is 4.14. The second-order valence-corrected chi connectivity index (χ2v) is 7.06. The largest absolute Gasteiger partial charge is 0.455 e. The lowest BCUT2D eigenvalue weighted by Crippen LogP contribution is -2.19. The number of rotatable bonds is 5. The quantitative estimate of drug-likeness (QED) is 0.449. The highest BCUT2D eigenvalue weighted by atomic mass is 35.5. The smallest absolute Gasteiger partial charge is 0.244 e. The van der Waals surface area contributed by atoms with Crippen molar-refractivity contribution in [3.63, 3.8) is 0 Å². The van der Waals surface area contributed by atoms with Gasteiger partial charge < -0.3 is 4.42 Å². The molecule has 3 rings (SSSR count). The lowest BCUT2D eigenvalue weighted by atomic mass is 10.0. The van der Waals surface area contributed by atoms with Crippen LogP contribution < -0.4 is 5.43 Å². The summed E-state index contributed by atoms with van der Waals surface area (Å²) in [7, 11) is 0. The van der Waals surface area contributed by atoms with Crippen LogP contribution in [-0.4, -0.2) is 12.1 Å². The fourth-order valence-corrected chi connectivity index (χ4v) is 3.06. The Labute approximate surface area is 167 Å². The van der Waals surface area contributed by atoms with E-state index in [1.165, 1.54) is 11.8 Å². The van der Waals surface area contributed by atoms with Crippen molar-refractivity contribution in [3.8, 4) is 11.3 Å². The van der Waals surface area contributed by atoms with Gasteiger partial charge in [0.2, 0.25) is 5.91 Å². The minimum atomic E-state index is -0.193. The van der Waals surface area contributed by atoms with Gasteiger partial charge in [0.1, 0.15) is 11.5 Å². The average Bonchev–Trinajstić information content (AvgIpc) is 3.07. The summed E-state index contributed by atoms with van der Waals surface area (Å²) in [5, 5.41) is 5.01. The third-order valence-corrected chi connectivity index (χ3v) is 4.69. The minimum absolute atomic E-state index is 0.193. The molecule has 0 aliphatic heterocycles. The standard InChI is InChI=1S/C21H18Cl2N2O2/c1-13-3-4-15(9-14(13)2)10-21(26)25-24-12-17-6-8-20(27-17)18-7-5-16(22)11-19(18)23/h3-9,11-12H,10H2,1-2H3,(H,25,26)/b24-12+. The van der Waals surface area contributed by atoms with E-state index in [0.29, 0.717) is 21.6 Å². The predicted molar refractivity (Wildman–Crippen MR) is 110 cm³/mol. The van der Waals surface area contributed by atoms with Crippen molar-refractivity contribution in [1.82, 2.24) is 5.43 Å². The normalized spacial score (nSPS) is 11.1. The number of carbonyl (C=O) groups is 1. The first-order chi connectivity index (χ1) is 12.9. The number of amides is 1. The first-order valence-electron chi connectivity index (χ1n) is 8.35. The Morgan fingerprint density at radius 2 is 1.89 bits per heavy atom. The maximum absolute atomic E-state index is 12.0. The Morgan fingerprint density at radius 1 is 1.07 bits per heavy atom. The Balaban J connectivity index is 1.60. The van der Waals surface area contributed by atoms with Crippen LogP contribution in [0.25, 0.3) is 11.3 Å². The summed E-state index contributed by atoms with van der Waals surface area (Å²) in [4.78, 5) is 12.0. The van der Waals surface area contributed by atoms with Crippen LogP contribution in [0.3, 0.4) is 0 Å². The SMILES string of the molecule is Cc1ccc(CC(=O)N/N=C/c2ccc(-c3ccc(Cl)cc3Cl)o2)cc1C. The summed E-state index contributed by atoms with van der Waals surface area (Å²) in [6, 6.07) is 14.7. The highest BCUT2D eigenvalue weighted by molar-refractivity contribution is 6.36. The Kier molecular flexibility index (Phi) is 5.99. The van der Waals surface area contributed by atoms with E-state index in [4.69, 9.17) is 27.6 Å². The lowest BCUT2D eigenvalue weighted by Gasteiger charge is -2.04. The molecule has 138 valence electrons. The van der Waals surface area contributed by atoms with Gasteiger partial charge in [0.25, 0.3) is 0 Å². The molecule has 0 aliphatic rings. The van der Waals surface area contributed by atoms with Gasteiger partial charge in [-0.1, -0.05) is 41.4 Å². The number of hydrogen-bond acceptors (Lipinski definition) is 3. The van der Waals surface area contributed by atoms with Crippen molar-refractivity contribution in [1.29, 1.82) is 0 Å². The predicted octanol–water partition coefficient (Wildman–Crippen LogP) is 5.56. The van der Waals surface area contributed by atoms with Crippen LogP contribution in [0.4, 0.5) is 0 Å². The summed E-state index contributed by atoms with van der Waals surface area (Å²) in [6.45, 7) is 4.06. The molecule has 6 heteroatoms. The zero-order valence-electron chi connectivity index (χ0n) is 14.9. The second kappa shape index (κ2) is 8.42. The van der Waals surface area contributed by atoms with E-state index in [2.05, 4.69) is 10.5 Å². The summed E-state index contributed by atoms with van der Waals surface area (Å²) in [5.41, 5.74) is 6.55. The molecule has 0 saturated carbocycles. The Hall–Kier alpha value is -2.56. The van der Waals surface area contributed by atoms with Gasteiger partial charge in [-0.3, -0.25) is 4.79 Å². The molecule has 0 radical (unpaired) electrons. The molecule has 0 atom stereocenters. The average molecular weight is 401 g/mol. The molecule has 0 saturated heterocycles. The van der Waals surface area contributed by atoms with Crippen molar-refractivity contribution < 1.29 is 9.21 Å². The summed E-state index contributed by atoms with van der Waals surface area (Å²) in [5.74, 6) is 0.907. The highest BCUT2D eigenvalue weighted by Crippen LogP contribution is 2.31. The molecule has 27 heavy (non-hydrogen) atoms. The molecular weight excluding hydrogens is 383 g/mol. The first-order valence-corrected chi connectivity index (χ1v) is 9.11. The molecule has 0 aliphatic carbocycles. The number of hydrazone groups is 1. The van der Waals surface area contributed by atoms with Gasteiger partial charge in [0.15, 0.2) is 0 Å². The van der Waals surface area contributed by atoms with Crippen molar-refractivity contribution in [2.24, 2.45) is 5.10 Å². The van der Waals surface area contributed by atoms with E-state index < -0.39 is 0 Å². The molecule has 0 bridgehead atoms. The van der Waals surface area contributed by atoms with E-state index in [-0.39, 0.29) is 12.3 Å². The third kappa shape index (κ3) is 5.00. The Morgan fingerprint density at radius 3 is 2.63 bits per heavy atom. The first kappa shape index (κ1) is 19.2. The number of benzene rings is 2. The number of furan rings is 1. The maximum atomic E-state index is 12.0. The van der Waals surface area contributed by atoms with E-state index >= 15 is 0 Å². The Bertz CT molecular complexity index is 1010. The molecule has 1 heterocycles. The van der Waals surface area contributed by atoms with Crippen LogP contribution in [0, 0.1) is 13.8 Å². The van der Waals surface area contributed by atoms with Crippen molar-refractivity contribution in [2.45, 2.75) is 20.3 Å². The zero-order valence-corrected chi connectivity index (χ0v) is 16.4. The molecule has 4 nitrogen and oxygen atoms in total. The fraction of sp³-hybridized carbons (Fsp3) is 0.143. The monoisotopic (exact) mass is 400 g/mol. The maximum Gasteiger partial charge on any atom is 0.244 e. The van der Waals surface area contributed by atoms with Crippen LogP contribution in [-0.2, 0) is 11.2 Å². The zero-order chi connectivity index (χ0) is 19.4. The number of hydrogen-bond donors (Lipinski definition) is 1. The highest BCUT2D eigenvalue weighted by Gasteiger charge is 2.09. The number of nitrogens with one attached hydrogen (secondary N) is 1. The van der Waals surface area contributed by atoms with E-state index in [1.807, 2.05) is 32.0 Å². The number of nitrogens with zero attached hydrogens (tertiary/aromatic N) is 1. The molecule has 0 spiro atoms. The summed E-state index contributed by atoms with van der Waals surface area (Å²) < 4.78 is 5.69. The van der Waals surface area contributed by atoms with Crippen LogP contribution in [0.5, 0.6) is 0 Å². The number of carbonyl (C=O) groups excluding carboxylic acids is 1. The van der Waals surface area contributed by atoms with Gasteiger partial charge in [-0.05, 0) is 60.9 Å². The van der Waals surface area contributed by atoms with Gasteiger partial charge in [0, 0.05) is 10.6 Å². The molecule has 0 unspecified atom stereocenters. The van der Waals surface area contributed by atoms with Crippen molar-refractivity contribution in [3.05, 3.63) is 81.0 Å². The van der Waals surface area contributed by atoms with Crippen LogP contribution in [0.1, 0.15) is 22.5 Å². The molecular formula is C21H18Cl2N2O2. The lowest BCUT2D eigenvalue weighted by molar-refractivity contribution is -0.120. The number of aryl methyl sites for hydroxylation is 2. The molecule has 2 aromatic carbocycles. The summed E-state index contributed by atoms with van der Waals surface area (Å²) in [6.07, 6.45) is 1.72. The second-order valence-electron chi connectivity index (χ2n) is 6.21. The van der Waals surface area contributed by atoms with E-state index in [1.54, 1.807) is 30.3 Å². The molecule has 1 aromatic heterocycles. The van der Waals surface area contributed by atoms with Gasteiger partial charge in [0.05, 0.1) is 17.7 Å². The molecule has 1 N–H and O–H groups in total. The molecule has 1 amide bonds. The van der Waals surface area contributed by atoms with Crippen LogP contribution in [0.15, 0.2) is 58.0 Å². The van der Waals surface area contributed by atoms with Gasteiger partial charge in [-0.2, -0.15) is 5.10 Å². The number of halogens is 2. The van der Waals surface area contributed by atoms with E-state index in [0.717, 1.165) is 16.7 Å². The summed E-state index contributed by atoms with van der Waals surface area (Å²) >= 11 is 12.1. The topological polar surface area (TPSA) is 54.6 Å². The van der Waals surface area contributed by atoms with Crippen molar-refractivity contribution >= 4 is 35.3 Å². The van der Waals surface area contributed by atoms with Gasteiger partial charge in [-0.25, -0.2) is 5.43 Å². The van der Waals surface area contributed by atoms with Crippen molar-refractivity contribution in [2.75, 3.05) is 0 Å². The van der Waals surface area contributed by atoms with Gasteiger partial charge in [-0.15, -0.1) is 0 Å². The van der Waals surface area contributed by atoms with Gasteiger partial charge >= 0.3 is 0 Å². The van der Waals surface area contributed by atoms with E-state index in [9.17, 15) is 4.79 Å². The molecule has 3 aromatic rings. The minimum Gasteiger partial charge on any atom is -0.455 e. The van der Waals surface area contributed by atoms with Crippen LogP contribution in [0.2, 0.25) is 10.0 Å². The fourth-order valence-electron chi connectivity index (χ4n) is 2.56. The molecule has 0 fully saturated rings. The van der Waals surface area contributed by atoms with Crippen LogP contribution >= 0.6 is 23.2 Å².